The number of hydrogen-bond acceptors (Lipinski definition) is 9. The molecule has 0 aliphatic carbocycles. The first-order valence-electron chi connectivity index (χ1n) is 11.0. The van der Waals surface area contributed by atoms with Crippen molar-refractivity contribution in [2.24, 2.45) is 0 Å². The Bertz CT molecular complexity index is 1350. The summed E-state index contributed by atoms with van der Waals surface area (Å²) in [6.07, 6.45) is 2.59. The van der Waals surface area contributed by atoms with Crippen LogP contribution in [0.4, 0.5) is 4.79 Å². The first-order chi connectivity index (χ1) is 16.7. The molecule has 10 nitrogen and oxygen atoms in total. The molecular weight excluding hydrogens is 458 g/mol. The van der Waals surface area contributed by atoms with Gasteiger partial charge in [-0.3, -0.25) is 14.4 Å². The average Bonchev–Trinajstić information content (AvgIpc) is 2.81. The number of likely N-dealkylation sites (tertiary alicyclic amines) is 1. The Morgan fingerprint density at radius 1 is 0.886 bits per heavy atom. The third-order valence-electron chi connectivity index (χ3n) is 5.36. The standard InChI is InChI=1S/C25H23NO9/c1-14(27)32-23-19(30)13-21-22(24(23)33-15(2)28)18(29)12-20(35-21)16-6-8-17(9-7-16)34-25(31)26-10-4-3-5-11-26/h6-9,12-13,30H,3-5,10-11H2,1-2H3. The Balaban J connectivity index is 1.67. The molecule has 0 radical (unpaired) electrons. The fourth-order valence-electron chi connectivity index (χ4n) is 3.81. The van der Waals surface area contributed by atoms with E-state index in [-0.39, 0.29) is 16.7 Å². The van der Waals surface area contributed by atoms with Crippen LogP contribution in [0, 0.1) is 0 Å². The molecule has 0 saturated carbocycles. The Kier molecular flexibility index (Phi) is 6.72. The first-order valence-corrected chi connectivity index (χ1v) is 11.0. The fraction of sp³-hybridized carbons (Fsp3) is 0.280. The molecule has 2 aromatic carbocycles. The highest BCUT2D eigenvalue weighted by atomic mass is 16.6. The lowest BCUT2D eigenvalue weighted by molar-refractivity contribution is -0.134. The SMILES string of the molecule is CC(=O)Oc1c(O)cc2oc(-c3ccc(OC(=O)N4CCCCC4)cc3)cc(=O)c2c1OC(C)=O. The summed E-state index contributed by atoms with van der Waals surface area (Å²) < 4.78 is 21.3. The smallest absolute Gasteiger partial charge is 0.415 e. The van der Waals surface area contributed by atoms with Crippen molar-refractivity contribution >= 4 is 29.0 Å². The zero-order valence-corrected chi connectivity index (χ0v) is 19.2. The number of phenolic OH excluding ortho intramolecular Hbond substituents is 1. The summed E-state index contributed by atoms with van der Waals surface area (Å²) in [5.41, 5.74) is -0.177. The molecule has 0 bridgehead atoms. The van der Waals surface area contributed by atoms with Crippen LogP contribution >= 0.6 is 0 Å². The van der Waals surface area contributed by atoms with E-state index in [4.69, 9.17) is 18.6 Å². The number of nitrogens with zero attached hydrogens (tertiary/aromatic N) is 1. The Hall–Kier alpha value is -4.34. The fourth-order valence-corrected chi connectivity index (χ4v) is 3.81. The van der Waals surface area contributed by atoms with Gasteiger partial charge >= 0.3 is 18.0 Å². The van der Waals surface area contributed by atoms with Gasteiger partial charge in [0.25, 0.3) is 0 Å². The number of rotatable bonds is 4. The van der Waals surface area contributed by atoms with E-state index in [0.717, 1.165) is 39.2 Å². The topological polar surface area (TPSA) is 133 Å². The van der Waals surface area contributed by atoms with Gasteiger partial charge in [-0.15, -0.1) is 0 Å². The minimum Gasteiger partial charge on any atom is -0.504 e. The van der Waals surface area contributed by atoms with Crippen LogP contribution in [0.5, 0.6) is 23.0 Å². The summed E-state index contributed by atoms with van der Waals surface area (Å²) in [5, 5.41) is 10.2. The molecule has 1 fully saturated rings. The molecule has 1 amide bonds. The minimum absolute atomic E-state index is 0.0854. The van der Waals surface area contributed by atoms with Gasteiger partial charge in [0.15, 0.2) is 16.9 Å². The number of amides is 1. The molecule has 1 aliphatic rings. The van der Waals surface area contributed by atoms with Crippen molar-refractivity contribution in [2.45, 2.75) is 33.1 Å². The molecule has 182 valence electrons. The van der Waals surface area contributed by atoms with Crippen molar-refractivity contribution in [2.75, 3.05) is 13.1 Å². The summed E-state index contributed by atoms with van der Waals surface area (Å²) in [7, 11) is 0. The highest BCUT2D eigenvalue weighted by Gasteiger charge is 2.24. The van der Waals surface area contributed by atoms with Gasteiger partial charge in [0.05, 0.1) is 0 Å². The maximum absolute atomic E-state index is 13.0. The van der Waals surface area contributed by atoms with Crippen molar-refractivity contribution in [3.05, 3.63) is 46.6 Å². The Morgan fingerprint density at radius 2 is 1.51 bits per heavy atom. The second-order valence-electron chi connectivity index (χ2n) is 8.03. The number of aromatic hydroxyl groups is 1. The van der Waals surface area contributed by atoms with Gasteiger partial charge < -0.3 is 28.6 Å². The molecule has 1 aliphatic heterocycles. The molecule has 1 N–H and O–H groups in total. The van der Waals surface area contributed by atoms with Crippen LogP contribution in [-0.4, -0.2) is 41.1 Å². The van der Waals surface area contributed by atoms with Gasteiger partial charge in [-0.25, -0.2) is 4.79 Å². The van der Waals surface area contributed by atoms with Crippen molar-refractivity contribution in [3.8, 4) is 34.3 Å². The van der Waals surface area contributed by atoms with Gasteiger partial charge in [0.2, 0.25) is 5.75 Å². The van der Waals surface area contributed by atoms with Crippen molar-refractivity contribution in [3.63, 3.8) is 0 Å². The van der Waals surface area contributed by atoms with Gasteiger partial charge in [-0.2, -0.15) is 0 Å². The van der Waals surface area contributed by atoms with E-state index in [1.807, 2.05) is 0 Å². The number of esters is 2. The summed E-state index contributed by atoms with van der Waals surface area (Å²) in [4.78, 5) is 50.0. The van der Waals surface area contributed by atoms with E-state index < -0.39 is 40.7 Å². The molecule has 2 heterocycles. The number of ether oxygens (including phenoxy) is 3. The predicted molar refractivity (Wildman–Crippen MR) is 124 cm³/mol. The van der Waals surface area contributed by atoms with Crippen LogP contribution in [0.2, 0.25) is 0 Å². The molecule has 0 spiro atoms. The highest BCUT2D eigenvalue weighted by molar-refractivity contribution is 5.93. The molecule has 1 saturated heterocycles. The predicted octanol–water partition coefficient (Wildman–Crippen LogP) is 4.00. The van der Waals surface area contributed by atoms with E-state index in [1.54, 1.807) is 29.2 Å². The molecule has 1 aromatic heterocycles. The maximum Gasteiger partial charge on any atom is 0.415 e. The highest BCUT2D eigenvalue weighted by Crippen LogP contribution is 2.43. The zero-order chi connectivity index (χ0) is 25.1. The van der Waals surface area contributed by atoms with Crippen LogP contribution in [0.15, 0.2) is 45.6 Å². The van der Waals surface area contributed by atoms with Crippen molar-refractivity contribution in [1.29, 1.82) is 0 Å². The summed E-state index contributed by atoms with van der Waals surface area (Å²) >= 11 is 0. The van der Waals surface area contributed by atoms with E-state index in [0.29, 0.717) is 24.4 Å². The molecule has 0 unspecified atom stereocenters. The molecule has 10 heteroatoms. The van der Waals surface area contributed by atoms with Gasteiger partial charge in [0.1, 0.15) is 22.5 Å². The van der Waals surface area contributed by atoms with Crippen LogP contribution in [0.1, 0.15) is 33.1 Å². The first kappa shape index (κ1) is 23.8. The van der Waals surface area contributed by atoms with Gasteiger partial charge in [-0.05, 0) is 43.5 Å². The van der Waals surface area contributed by atoms with Gasteiger partial charge in [-0.1, -0.05) is 0 Å². The van der Waals surface area contributed by atoms with Crippen molar-refractivity contribution < 1.29 is 38.1 Å². The Morgan fingerprint density at radius 3 is 2.14 bits per heavy atom. The minimum atomic E-state index is -0.788. The summed E-state index contributed by atoms with van der Waals surface area (Å²) in [6.45, 7) is 3.53. The second-order valence-corrected chi connectivity index (χ2v) is 8.03. The maximum atomic E-state index is 13.0. The number of benzene rings is 2. The zero-order valence-electron chi connectivity index (χ0n) is 19.2. The number of carbonyl (C=O) groups is 3. The number of hydrogen-bond donors (Lipinski definition) is 1. The lowest BCUT2D eigenvalue weighted by atomic mass is 10.1. The Labute approximate surface area is 199 Å². The third-order valence-corrected chi connectivity index (χ3v) is 5.36. The number of piperidine rings is 1. The number of carbonyl (C=O) groups excluding carboxylic acids is 3. The average molecular weight is 481 g/mol. The normalized spacial score (nSPS) is 13.4. The van der Waals surface area contributed by atoms with E-state index >= 15 is 0 Å². The molecule has 4 rings (SSSR count). The van der Waals surface area contributed by atoms with E-state index in [1.165, 1.54) is 6.07 Å². The van der Waals surface area contributed by atoms with Gasteiger partial charge in [0, 0.05) is 44.6 Å². The molecule has 0 atom stereocenters. The summed E-state index contributed by atoms with van der Waals surface area (Å²) in [5.74, 6) is -2.50. The van der Waals surface area contributed by atoms with Crippen LogP contribution in [-0.2, 0) is 9.59 Å². The second kappa shape index (κ2) is 9.88. The van der Waals surface area contributed by atoms with E-state index in [9.17, 15) is 24.3 Å². The molecular formula is C25H23NO9. The van der Waals surface area contributed by atoms with Crippen LogP contribution < -0.4 is 19.6 Å². The number of phenols is 1. The molecule has 35 heavy (non-hydrogen) atoms. The quantitative estimate of drug-likeness (QED) is 0.434. The monoisotopic (exact) mass is 481 g/mol. The van der Waals surface area contributed by atoms with E-state index in [2.05, 4.69) is 0 Å². The molecule has 3 aromatic rings. The van der Waals surface area contributed by atoms with Crippen LogP contribution in [0.3, 0.4) is 0 Å². The van der Waals surface area contributed by atoms with Crippen LogP contribution in [0.25, 0.3) is 22.3 Å². The lowest BCUT2D eigenvalue weighted by Crippen LogP contribution is -2.37. The van der Waals surface area contributed by atoms with Crippen molar-refractivity contribution in [1.82, 2.24) is 4.90 Å². The third kappa shape index (κ3) is 5.26. The lowest BCUT2D eigenvalue weighted by Gasteiger charge is -2.25. The largest absolute Gasteiger partial charge is 0.504 e. The number of fused-ring (bicyclic) bond motifs is 1. The summed E-state index contributed by atoms with van der Waals surface area (Å²) in [6, 6.07) is 8.66.